The molecule has 0 fully saturated rings. The van der Waals surface area contributed by atoms with E-state index in [2.05, 4.69) is 31.2 Å². The lowest BCUT2D eigenvalue weighted by molar-refractivity contribution is 0.331. The lowest BCUT2D eigenvalue weighted by Gasteiger charge is -2.11. The fourth-order valence-electron chi connectivity index (χ4n) is 2.06. The van der Waals surface area contributed by atoms with Crippen molar-refractivity contribution in [3.63, 3.8) is 0 Å². The van der Waals surface area contributed by atoms with Crippen molar-refractivity contribution < 1.29 is 4.74 Å². The normalized spacial score (nSPS) is 10.5. The number of pyridine rings is 2. The van der Waals surface area contributed by atoms with E-state index in [-0.39, 0.29) is 0 Å². The van der Waals surface area contributed by atoms with Crippen molar-refractivity contribution >= 4 is 32.5 Å². The van der Waals surface area contributed by atoms with E-state index in [0.29, 0.717) is 13.2 Å². The van der Waals surface area contributed by atoms with Crippen molar-refractivity contribution in [1.29, 1.82) is 0 Å². The monoisotopic (exact) mass is 343 g/mol. The first-order valence-corrected chi connectivity index (χ1v) is 7.44. The maximum atomic E-state index is 5.73. The third-order valence-corrected chi connectivity index (χ3v) is 3.71. The minimum absolute atomic E-state index is 0.581. The first kappa shape index (κ1) is 13.8. The Bertz CT molecular complexity index is 743. The summed E-state index contributed by atoms with van der Waals surface area (Å²) in [4.78, 5) is 8.37. The average molecular weight is 344 g/mol. The smallest absolute Gasteiger partial charge is 0.133 e. The first-order valence-electron chi connectivity index (χ1n) is 6.64. The lowest BCUT2D eigenvalue weighted by atomic mass is 10.2. The third kappa shape index (κ3) is 3.31. The Labute approximate surface area is 131 Å². The molecule has 0 saturated carbocycles. The highest BCUT2D eigenvalue weighted by Crippen LogP contribution is 2.24. The van der Waals surface area contributed by atoms with Crippen LogP contribution in [-0.4, -0.2) is 23.1 Å². The van der Waals surface area contributed by atoms with Crippen LogP contribution in [0.3, 0.4) is 0 Å². The van der Waals surface area contributed by atoms with Crippen molar-refractivity contribution in [3.05, 3.63) is 59.5 Å². The van der Waals surface area contributed by atoms with Crippen LogP contribution >= 0.6 is 15.9 Å². The van der Waals surface area contributed by atoms with Crippen molar-refractivity contribution in [3.8, 4) is 5.75 Å². The van der Waals surface area contributed by atoms with Crippen LogP contribution in [0.4, 0.5) is 5.69 Å². The Hall–Kier alpha value is -2.14. The number of para-hydroxylation sites is 1. The number of nitrogens with one attached hydrogen (secondary N) is 1. The largest absolute Gasteiger partial charge is 0.491 e. The minimum Gasteiger partial charge on any atom is -0.491 e. The van der Waals surface area contributed by atoms with E-state index < -0.39 is 0 Å². The van der Waals surface area contributed by atoms with Gasteiger partial charge >= 0.3 is 0 Å². The number of nitrogens with zero attached hydrogens (tertiary/aromatic N) is 2. The van der Waals surface area contributed by atoms with Gasteiger partial charge in [-0.2, -0.15) is 0 Å². The standard InChI is InChI=1S/C16H14BrN3O/c17-13-3-1-2-4-16(13)21-10-9-20-14-6-8-19-15-11-18-7-5-12(14)15/h1-8,11H,9-10H2,(H,19,20). The van der Waals surface area contributed by atoms with Crippen LogP contribution in [0.25, 0.3) is 10.9 Å². The van der Waals surface area contributed by atoms with E-state index in [1.54, 1.807) is 18.6 Å². The summed E-state index contributed by atoms with van der Waals surface area (Å²) in [5.74, 6) is 0.850. The molecule has 0 radical (unpaired) electrons. The second kappa shape index (κ2) is 6.54. The van der Waals surface area contributed by atoms with Gasteiger partial charge in [0.25, 0.3) is 0 Å². The van der Waals surface area contributed by atoms with E-state index in [1.165, 1.54) is 0 Å². The Morgan fingerprint density at radius 1 is 1.10 bits per heavy atom. The summed E-state index contributed by atoms with van der Waals surface area (Å²) < 4.78 is 6.70. The van der Waals surface area contributed by atoms with Gasteiger partial charge in [0.15, 0.2) is 0 Å². The van der Waals surface area contributed by atoms with Crippen molar-refractivity contribution in [1.82, 2.24) is 9.97 Å². The molecule has 5 heteroatoms. The predicted molar refractivity (Wildman–Crippen MR) is 87.7 cm³/mol. The zero-order chi connectivity index (χ0) is 14.5. The summed E-state index contributed by atoms with van der Waals surface area (Å²) in [6, 6.07) is 11.7. The van der Waals surface area contributed by atoms with Gasteiger partial charge < -0.3 is 10.1 Å². The maximum absolute atomic E-state index is 5.73. The molecular weight excluding hydrogens is 330 g/mol. The van der Waals surface area contributed by atoms with Crippen LogP contribution in [0.2, 0.25) is 0 Å². The molecular formula is C16H14BrN3O. The van der Waals surface area contributed by atoms with E-state index in [0.717, 1.165) is 26.8 Å². The van der Waals surface area contributed by atoms with Crippen LogP contribution < -0.4 is 10.1 Å². The van der Waals surface area contributed by atoms with Crippen LogP contribution in [0.15, 0.2) is 59.5 Å². The Balaban J connectivity index is 1.61. The molecule has 3 rings (SSSR count). The molecule has 0 aliphatic rings. The van der Waals surface area contributed by atoms with Gasteiger partial charge in [0, 0.05) is 30.0 Å². The number of hydrogen-bond acceptors (Lipinski definition) is 4. The zero-order valence-electron chi connectivity index (χ0n) is 11.3. The van der Waals surface area contributed by atoms with E-state index in [1.807, 2.05) is 36.4 Å². The Morgan fingerprint density at radius 3 is 2.90 bits per heavy atom. The first-order chi connectivity index (χ1) is 10.3. The lowest BCUT2D eigenvalue weighted by Crippen LogP contribution is -2.12. The van der Waals surface area contributed by atoms with E-state index >= 15 is 0 Å². The number of rotatable bonds is 5. The molecule has 106 valence electrons. The fraction of sp³-hybridized carbons (Fsp3) is 0.125. The molecule has 3 aromatic rings. The molecule has 1 N–H and O–H groups in total. The highest BCUT2D eigenvalue weighted by Gasteiger charge is 2.02. The molecule has 0 bridgehead atoms. The quantitative estimate of drug-likeness (QED) is 0.714. The molecule has 0 atom stereocenters. The maximum Gasteiger partial charge on any atom is 0.133 e. The molecule has 0 aliphatic carbocycles. The summed E-state index contributed by atoms with van der Waals surface area (Å²) in [5.41, 5.74) is 1.92. The highest BCUT2D eigenvalue weighted by molar-refractivity contribution is 9.10. The molecule has 2 heterocycles. The zero-order valence-corrected chi connectivity index (χ0v) is 12.9. The van der Waals surface area contributed by atoms with Crippen molar-refractivity contribution in [2.75, 3.05) is 18.5 Å². The second-order valence-electron chi connectivity index (χ2n) is 4.46. The fourth-order valence-corrected chi connectivity index (χ4v) is 2.46. The van der Waals surface area contributed by atoms with Gasteiger partial charge in [0.2, 0.25) is 0 Å². The molecule has 1 aromatic carbocycles. The van der Waals surface area contributed by atoms with Crippen LogP contribution in [0, 0.1) is 0 Å². The molecule has 0 aliphatic heterocycles. The number of hydrogen-bond donors (Lipinski definition) is 1. The topological polar surface area (TPSA) is 47.0 Å². The molecule has 21 heavy (non-hydrogen) atoms. The summed E-state index contributed by atoms with van der Waals surface area (Å²) in [7, 11) is 0. The van der Waals surface area contributed by atoms with Crippen LogP contribution in [0.1, 0.15) is 0 Å². The number of aromatic nitrogens is 2. The number of benzene rings is 1. The number of halogens is 1. The van der Waals surface area contributed by atoms with Gasteiger partial charge in [-0.3, -0.25) is 9.97 Å². The van der Waals surface area contributed by atoms with Gasteiger partial charge in [-0.05, 0) is 40.2 Å². The summed E-state index contributed by atoms with van der Waals surface area (Å²) in [5, 5.41) is 4.43. The number of anilines is 1. The molecule has 0 amide bonds. The van der Waals surface area contributed by atoms with E-state index in [4.69, 9.17) is 4.74 Å². The number of fused-ring (bicyclic) bond motifs is 1. The SMILES string of the molecule is Brc1ccccc1OCCNc1ccnc2cnccc12. The Kier molecular flexibility index (Phi) is 4.31. The van der Waals surface area contributed by atoms with Crippen LogP contribution in [0.5, 0.6) is 5.75 Å². The van der Waals surface area contributed by atoms with Crippen LogP contribution in [-0.2, 0) is 0 Å². The van der Waals surface area contributed by atoms with Gasteiger partial charge in [-0.25, -0.2) is 0 Å². The van der Waals surface area contributed by atoms with Crippen molar-refractivity contribution in [2.45, 2.75) is 0 Å². The molecule has 0 unspecified atom stereocenters. The van der Waals surface area contributed by atoms with Gasteiger partial charge in [0.05, 0.1) is 16.2 Å². The second-order valence-corrected chi connectivity index (χ2v) is 5.31. The predicted octanol–water partition coefficient (Wildman–Crippen LogP) is 3.88. The minimum atomic E-state index is 0.581. The summed E-state index contributed by atoms with van der Waals surface area (Å²) in [6.07, 6.45) is 5.31. The van der Waals surface area contributed by atoms with Gasteiger partial charge in [0.1, 0.15) is 12.4 Å². The Morgan fingerprint density at radius 2 is 2.00 bits per heavy atom. The third-order valence-electron chi connectivity index (χ3n) is 3.06. The van der Waals surface area contributed by atoms with E-state index in [9.17, 15) is 0 Å². The highest BCUT2D eigenvalue weighted by atomic mass is 79.9. The molecule has 0 saturated heterocycles. The van der Waals surface area contributed by atoms with Gasteiger partial charge in [-0.15, -0.1) is 0 Å². The molecule has 2 aromatic heterocycles. The summed E-state index contributed by atoms with van der Waals surface area (Å²) >= 11 is 3.47. The summed E-state index contributed by atoms with van der Waals surface area (Å²) in [6.45, 7) is 1.29. The van der Waals surface area contributed by atoms with Crippen molar-refractivity contribution in [2.24, 2.45) is 0 Å². The molecule has 0 spiro atoms. The van der Waals surface area contributed by atoms with Gasteiger partial charge in [-0.1, -0.05) is 12.1 Å². The molecule has 4 nitrogen and oxygen atoms in total. The average Bonchev–Trinajstić information content (AvgIpc) is 2.53. The number of ether oxygens (including phenoxy) is 1.